The summed E-state index contributed by atoms with van der Waals surface area (Å²) in [5, 5.41) is 33.4. The van der Waals surface area contributed by atoms with Crippen LogP contribution < -0.4 is 15.5 Å². The van der Waals surface area contributed by atoms with Crippen molar-refractivity contribution in [3.8, 4) is 17.2 Å². The molecule has 1 aliphatic heterocycles. The topological polar surface area (TPSA) is 139 Å². The van der Waals surface area contributed by atoms with Crippen LogP contribution in [0, 0.1) is 11.3 Å². The highest BCUT2D eigenvalue weighted by molar-refractivity contribution is 5.95. The fraction of sp³-hybridized carbons (Fsp3) is 0.286. The van der Waals surface area contributed by atoms with E-state index in [2.05, 4.69) is 21.7 Å². The summed E-state index contributed by atoms with van der Waals surface area (Å²) in [5.41, 5.74) is 4.54. The van der Waals surface area contributed by atoms with Gasteiger partial charge >= 0.3 is 0 Å². The van der Waals surface area contributed by atoms with Gasteiger partial charge in [-0.1, -0.05) is 18.2 Å². The first-order valence-electron chi connectivity index (χ1n) is 12.0. The van der Waals surface area contributed by atoms with Crippen LogP contribution in [0.5, 0.6) is 0 Å². The number of carbonyl (C=O) groups excluding carboxylic acids is 2. The summed E-state index contributed by atoms with van der Waals surface area (Å²) < 4.78 is 0. The van der Waals surface area contributed by atoms with Gasteiger partial charge in [-0.15, -0.1) is 0 Å². The molecule has 1 aliphatic rings. The number of hydrogen-bond acceptors (Lipinski definition) is 7. The van der Waals surface area contributed by atoms with E-state index in [1.807, 2.05) is 37.3 Å². The van der Waals surface area contributed by atoms with Crippen molar-refractivity contribution in [1.82, 2.24) is 10.3 Å². The van der Waals surface area contributed by atoms with Gasteiger partial charge in [0.2, 0.25) is 5.91 Å². The van der Waals surface area contributed by atoms with Gasteiger partial charge in [-0.3, -0.25) is 9.59 Å². The number of aliphatic hydroxyl groups excluding tert-OH is 2. The molecule has 0 radical (unpaired) electrons. The Labute approximate surface area is 215 Å². The molecule has 1 aromatic heterocycles. The van der Waals surface area contributed by atoms with E-state index in [-0.39, 0.29) is 30.4 Å². The largest absolute Gasteiger partial charge is 0.394 e. The number of anilines is 2. The molecule has 0 saturated heterocycles. The van der Waals surface area contributed by atoms with Crippen LogP contribution >= 0.6 is 0 Å². The Hall–Kier alpha value is -4.26. The van der Waals surface area contributed by atoms with E-state index in [0.29, 0.717) is 23.4 Å². The maximum Gasteiger partial charge on any atom is 0.251 e. The Morgan fingerprint density at radius 2 is 1.89 bits per heavy atom. The molecule has 0 spiro atoms. The second-order valence-electron chi connectivity index (χ2n) is 9.11. The number of carbonyl (C=O) groups is 2. The Morgan fingerprint density at radius 3 is 2.51 bits per heavy atom. The summed E-state index contributed by atoms with van der Waals surface area (Å²) >= 11 is 0. The van der Waals surface area contributed by atoms with Gasteiger partial charge < -0.3 is 25.7 Å². The number of rotatable bonds is 7. The number of nitrogens with one attached hydrogen (secondary N) is 2. The highest BCUT2D eigenvalue weighted by atomic mass is 16.3. The highest BCUT2D eigenvalue weighted by Crippen LogP contribution is 2.41. The van der Waals surface area contributed by atoms with E-state index in [9.17, 15) is 14.7 Å². The summed E-state index contributed by atoms with van der Waals surface area (Å²) in [6, 6.07) is 18.5. The van der Waals surface area contributed by atoms with Gasteiger partial charge in [-0.2, -0.15) is 5.26 Å². The molecule has 4 rings (SSSR count). The maximum absolute atomic E-state index is 12.5. The number of aromatic nitrogens is 1. The number of hydrogen-bond donors (Lipinski definition) is 4. The van der Waals surface area contributed by atoms with E-state index in [0.717, 1.165) is 22.4 Å². The molecule has 2 amide bonds. The van der Waals surface area contributed by atoms with Crippen molar-refractivity contribution < 1.29 is 19.8 Å². The third kappa shape index (κ3) is 5.77. The molecule has 2 aromatic carbocycles. The number of nitrogens with zero attached hydrogens (tertiary/aromatic N) is 3. The van der Waals surface area contributed by atoms with Crippen molar-refractivity contribution in [2.45, 2.75) is 38.5 Å². The summed E-state index contributed by atoms with van der Waals surface area (Å²) in [4.78, 5) is 30.9. The monoisotopic (exact) mass is 499 g/mol. The molecule has 37 heavy (non-hydrogen) atoms. The molecule has 3 atom stereocenters. The predicted molar refractivity (Wildman–Crippen MR) is 140 cm³/mol. The molecule has 190 valence electrons. The zero-order valence-corrected chi connectivity index (χ0v) is 20.7. The molecule has 4 N–H and O–H groups in total. The van der Waals surface area contributed by atoms with Gasteiger partial charge in [0.25, 0.3) is 5.91 Å². The van der Waals surface area contributed by atoms with E-state index in [4.69, 9.17) is 10.4 Å². The minimum atomic E-state index is -1.00. The standard InChI is InChI=1S/C28H29N5O4/c1-17-11-25(32-27-10-3-19(13-29)14-30-27)24-12-22(8-9-26(24)33(17)18(2)35)20-4-6-21(7-5-20)28(37)31-15-23(36)16-34/h3-10,12,14,17,23,25,34,36H,11,15-16H2,1-2H3,(H,30,32)(H,31,37)/t17-,23-,25+/m0/s1. The summed E-state index contributed by atoms with van der Waals surface area (Å²) in [7, 11) is 0. The molecular formula is C28H29N5O4. The molecule has 0 unspecified atom stereocenters. The minimum Gasteiger partial charge on any atom is -0.394 e. The SMILES string of the molecule is CC(=O)N1c2ccc(-c3ccc(C(=O)NC[C@H](O)CO)cc3)cc2[C@H](Nc2ccc(C#N)cn2)C[C@@H]1C. The van der Waals surface area contributed by atoms with Crippen LogP contribution in [0.15, 0.2) is 60.8 Å². The average Bonchev–Trinajstić information content (AvgIpc) is 2.91. The van der Waals surface area contributed by atoms with Crippen LogP contribution in [0.1, 0.15) is 47.8 Å². The van der Waals surface area contributed by atoms with E-state index in [1.165, 1.54) is 6.20 Å². The molecule has 3 aromatic rings. The Bertz CT molecular complexity index is 1320. The number of fused-ring (bicyclic) bond motifs is 1. The van der Waals surface area contributed by atoms with Crippen LogP contribution in [-0.2, 0) is 4.79 Å². The Balaban J connectivity index is 1.62. The molecule has 0 fully saturated rings. The lowest BCUT2D eigenvalue weighted by Gasteiger charge is -2.39. The highest BCUT2D eigenvalue weighted by Gasteiger charge is 2.32. The molecule has 2 heterocycles. The fourth-order valence-electron chi connectivity index (χ4n) is 4.58. The van der Waals surface area contributed by atoms with Gasteiger partial charge in [-0.25, -0.2) is 4.98 Å². The third-order valence-corrected chi connectivity index (χ3v) is 6.42. The van der Waals surface area contributed by atoms with Crippen molar-refractivity contribution in [1.29, 1.82) is 5.26 Å². The smallest absolute Gasteiger partial charge is 0.251 e. The second-order valence-corrected chi connectivity index (χ2v) is 9.11. The Morgan fingerprint density at radius 1 is 1.16 bits per heavy atom. The maximum atomic E-state index is 12.5. The number of aliphatic hydroxyl groups is 2. The normalized spacial score (nSPS) is 17.3. The van der Waals surface area contributed by atoms with Crippen LogP contribution in [0.3, 0.4) is 0 Å². The minimum absolute atomic E-state index is 0.0196. The van der Waals surface area contributed by atoms with Crippen LogP contribution in [0.4, 0.5) is 11.5 Å². The lowest BCUT2D eigenvalue weighted by molar-refractivity contribution is -0.117. The quantitative estimate of drug-likeness (QED) is 0.392. The van der Waals surface area contributed by atoms with Gasteiger partial charge in [0.15, 0.2) is 0 Å². The third-order valence-electron chi connectivity index (χ3n) is 6.42. The zero-order valence-electron chi connectivity index (χ0n) is 20.7. The molecule has 0 saturated carbocycles. The second kappa shape index (κ2) is 11.2. The molecule has 9 heteroatoms. The van der Waals surface area contributed by atoms with Gasteiger partial charge in [0.05, 0.1) is 24.3 Å². The average molecular weight is 500 g/mol. The van der Waals surface area contributed by atoms with Gasteiger partial charge in [0, 0.05) is 37.0 Å². The number of nitriles is 1. The molecule has 0 bridgehead atoms. The first-order valence-corrected chi connectivity index (χ1v) is 12.0. The van der Waals surface area contributed by atoms with Crippen molar-refractivity contribution in [3.63, 3.8) is 0 Å². The lowest BCUT2D eigenvalue weighted by Crippen LogP contribution is -2.43. The first kappa shape index (κ1) is 25.8. The fourth-order valence-corrected chi connectivity index (χ4v) is 4.58. The van der Waals surface area contributed by atoms with Crippen molar-refractivity contribution in [2.24, 2.45) is 0 Å². The first-order chi connectivity index (χ1) is 17.8. The van der Waals surface area contributed by atoms with E-state index in [1.54, 1.807) is 36.1 Å². The summed E-state index contributed by atoms with van der Waals surface area (Å²) in [6.45, 7) is 3.12. The molecular weight excluding hydrogens is 470 g/mol. The number of amides is 2. The Kier molecular flexibility index (Phi) is 7.82. The number of benzene rings is 2. The van der Waals surface area contributed by atoms with Crippen molar-refractivity contribution in [2.75, 3.05) is 23.4 Å². The molecule has 9 nitrogen and oxygen atoms in total. The van der Waals surface area contributed by atoms with E-state index >= 15 is 0 Å². The summed E-state index contributed by atoms with van der Waals surface area (Å²) in [5.74, 6) is 0.276. The lowest BCUT2D eigenvalue weighted by atomic mass is 9.89. The van der Waals surface area contributed by atoms with Crippen LogP contribution in [0.2, 0.25) is 0 Å². The molecule has 0 aliphatic carbocycles. The number of pyridine rings is 1. The van der Waals surface area contributed by atoms with Crippen LogP contribution in [0.25, 0.3) is 11.1 Å². The van der Waals surface area contributed by atoms with Crippen molar-refractivity contribution in [3.05, 3.63) is 77.5 Å². The van der Waals surface area contributed by atoms with Crippen molar-refractivity contribution >= 4 is 23.3 Å². The van der Waals surface area contributed by atoms with Crippen LogP contribution in [-0.4, -0.2) is 52.3 Å². The predicted octanol–water partition coefficient (Wildman–Crippen LogP) is 3.00. The summed E-state index contributed by atoms with van der Waals surface area (Å²) in [6.07, 6.45) is 1.20. The van der Waals surface area contributed by atoms with Gasteiger partial charge in [-0.05, 0) is 66.4 Å². The van der Waals surface area contributed by atoms with E-state index < -0.39 is 12.7 Å². The van der Waals surface area contributed by atoms with Gasteiger partial charge in [0.1, 0.15) is 11.9 Å². The zero-order chi connectivity index (χ0) is 26.5.